The van der Waals surface area contributed by atoms with Gasteiger partial charge in [0, 0.05) is 31.4 Å². The number of ether oxygens (including phenoxy) is 1. The highest BCUT2D eigenvalue weighted by molar-refractivity contribution is 5.86. The van der Waals surface area contributed by atoms with Gasteiger partial charge in [-0.2, -0.15) is 0 Å². The van der Waals surface area contributed by atoms with E-state index in [1.807, 2.05) is 18.3 Å². The molecule has 7 rings (SSSR count). The average Bonchev–Trinajstić information content (AvgIpc) is 3.67. The van der Waals surface area contributed by atoms with Crippen LogP contribution in [0.25, 0.3) is 22.1 Å². The highest BCUT2D eigenvalue weighted by Gasteiger charge is 2.44. The third-order valence-electron chi connectivity index (χ3n) is 8.70. The monoisotopic (exact) mass is 486 g/mol. The molecule has 0 radical (unpaired) electrons. The summed E-state index contributed by atoms with van der Waals surface area (Å²) >= 11 is 0. The maximum atomic E-state index is 6.58. The highest BCUT2D eigenvalue weighted by atomic mass is 16.5. The van der Waals surface area contributed by atoms with E-state index < -0.39 is 0 Å². The topological polar surface area (TPSA) is 101 Å². The van der Waals surface area contributed by atoms with Gasteiger partial charge in [-0.25, -0.2) is 15.0 Å². The Kier molecular flexibility index (Phi) is 5.45. The SMILES string of the molecule is Nc1ncnc2c1ccn2C1CCC(CN2CCCC23CCN(Cc2nc4ccccc4[nH]2)CC3)O1. The zero-order chi connectivity index (χ0) is 24.1. The minimum absolute atomic E-state index is 0.0195. The maximum Gasteiger partial charge on any atom is 0.147 e. The van der Waals surface area contributed by atoms with E-state index in [0.29, 0.717) is 11.4 Å². The van der Waals surface area contributed by atoms with Crippen molar-refractivity contribution in [3.05, 3.63) is 48.7 Å². The molecule has 3 fully saturated rings. The number of nitrogens with two attached hydrogens (primary N) is 1. The van der Waals surface area contributed by atoms with Gasteiger partial charge in [0.1, 0.15) is 29.8 Å². The number of anilines is 1. The van der Waals surface area contributed by atoms with Gasteiger partial charge in [0.05, 0.1) is 29.1 Å². The second-order valence-electron chi connectivity index (χ2n) is 10.8. The van der Waals surface area contributed by atoms with Crippen LogP contribution in [0.5, 0.6) is 0 Å². The molecule has 0 saturated carbocycles. The number of rotatable bonds is 5. The van der Waals surface area contributed by atoms with Crippen molar-refractivity contribution in [2.24, 2.45) is 0 Å². The Labute approximate surface area is 210 Å². The minimum Gasteiger partial charge on any atom is -0.383 e. The lowest BCUT2D eigenvalue weighted by Gasteiger charge is -2.45. The summed E-state index contributed by atoms with van der Waals surface area (Å²) in [6, 6.07) is 10.3. The standard InChI is InChI=1S/C27H34N8O/c28-25-20-8-13-35(26(20)30-18-29-25)24-7-6-19(36-24)16-34-12-3-9-27(34)10-14-33(15-11-27)17-23-31-21-4-1-2-5-22(21)32-23/h1-2,4-5,8,13,18-19,24H,3,6-7,9-12,14-17H2,(H,31,32)(H2,28,29,30). The Morgan fingerprint density at radius 2 is 1.94 bits per heavy atom. The van der Waals surface area contributed by atoms with Gasteiger partial charge in [-0.15, -0.1) is 0 Å². The fourth-order valence-corrected chi connectivity index (χ4v) is 6.76. The van der Waals surface area contributed by atoms with Crippen molar-refractivity contribution < 1.29 is 4.74 Å². The summed E-state index contributed by atoms with van der Waals surface area (Å²) in [6.45, 7) is 5.36. The quantitative estimate of drug-likeness (QED) is 0.444. The minimum atomic E-state index is 0.0195. The molecular weight excluding hydrogens is 452 g/mol. The molecule has 1 spiro atoms. The molecule has 3 aromatic heterocycles. The number of hydrogen-bond donors (Lipinski definition) is 2. The van der Waals surface area contributed by atoms with Crippen molar-refractivity contribution in [2.45, 2.75) is 62.9 Å². The van der Waals surface area contributed by atoms with Gasteiger partial charge in [-0.1, -0.05) is 12.1 Å². The normalized spacial score (nSPS) is 25.0. The summed E-state index contributed by atoms with van der Waals surface area (Å²) in [6.07, 6.45) is 11.0. The first-order valence-electron chi connectivity index (χ1n) is 13.3. The summed E-state index contributed by atoms with van der Waals surface area (Å²) in [5.41, 5.74) is 9.41. The number of imidazole rings is 1. The molecule has 2 unspecified atom stereocenters. The maximum absolute atomic E-state index is 6.58. The molecule has 2 atom stereocenters. The van der Waals surface area contributed by atoms with Crippen molar-refractivity contribution in [1.82, 2.24) is 34.3 Å². The molecule has 0 bridgehead atoms. The molecule has 9 heteroatoms. The molecule has 188 valence electrons. The Morgan fingerprint density at radius 1 is 1.06 bits per heavy atom. The summed E-state index contributed by atoms with van der Waals surface area (Å²) < 4.78 is 8.70. The first-order valence-corrected chi connectivity index (χ1v) is 13.3. The molecule has 3 aliphatic heterocycles. The number of nitrogens with zero attached hydrogens (tertiary/aromatic N) is 6. The number of benzene rings is 1. The van der Waals surface area contributed by atoms with Gasteiger partial charge in [0.15, 0.2) is 0 Å². The Hall–Kier alpha value is -3.01. The number of aromatic amines is 1. The molecule has 1 aromatic carbocycles. The predicted octanol–water partition coefficient (Wildman–Crippen LogP) is 3.70. The second kappa shape index (κ2) is 8.83. The summed E-state index contributed by atoms with van der Waals surface area (Å²) in [5, 5.41) is 0.900. The van der Waals surface area contributed by atoms with E-state index in [0.717, 1.165) is 66.9 Å². The molecule has 3 saturated heterocycles. The highest BCUT2D eigenvalue weighted by Crippen LogP contribution is 2.40. The van der Waals surface area contributed by atoms with Gasteiger partial charge in [-0.3, -0.25) is 9.80 Å². The summed E-state index contributed by atoms with van der Waals surface area (Å²) in [4.78, 5) is 22.2. The first-order chi connectivity index (χ1) is 17.7. The molecule has 6 heterocycles. The number of likely N-dealkylation sites (tertiary alicyclic amines) is 2. The fraction of sp³-hybridized carbons (Fsp3) is 0.519. The number of fused-ring (bicyclic) bond motifs is 2. The van der Waals surface area contributed by atoms with E-state index in [4.69, 9.17) is 15.5 Å². The van der Waals surface area contributed by atoms with E-state index in [9.17, 15) is 0 Å². The van der Waals surface area contributed by atoms with Crippen LogP contribution in [0, 0.1) is 0 Å². The predicted molar refractivity (Wildman–Crippen MR) is 139 cm³/mol. The molecular formula is C27H34N8O. The van der Waals surface area contributed by atoms with Crippen molar-refractivity contribution in [3.8, 4) is 0 Å². The number of hydrogen-bond acceptors (Lipinski definition) is 7. The largest absolute Gasteiger partial charge is 0.383 e. The third-order valence-corrected chi connectivity index (χ3v) is 8.70. The summed E-state index contributed by atoms with van der Waals surface area (Å²) in [7, 11) is 0. The molecule has 36 heavy (non-hydrogen) atoms. The lowest BCUT2D eigenvalue weighted by atomic mass is 9.84. The lowest BCUT2D eigenvalue weighted by molar-refractivity contribution is -0.0341. The smallest absolute Gasteiger partial charge is 0.147 e. The van der Waals surface area contributed by atoms with Crippen LogP contribution in [0.3, 0.4) is 0 Å². The molecule has 0 amide bonds. The Morgan fingerprint density at radius 3 is 2.83 bits per heavy atom. The van der Waals surface area contributed by atoms with Crippen LogP contribution >= 0.6 is 0 Å². The van der Waals surface area contributed by atoms with E-state index in [2.05, 4.69) is 47.5 Å². The number of nitrogens with one attached hydrogen (secondary N) is 1. The fourth-order valence-electron chi connectivity index (χ4n) is 6.76. The molecule has 3 N–H and O–H groups in total. The zero-order valence-corrected chi connectivity index (χ0v) is 20.6. The van der Waals surface area contributed by atoms with Crippen molar-refractivity contribution in [3.63, 3.8) is 0 Å². The van der Waals surface area contributed by atoms with Crippen LogP contribution in [0.4, 0.5) is 5.82 Å². The molecule has 4 aromatic rings. The zero-order valence-electron chi connectivity index (χ0n) is 20.6. The van der Waals surface area contributed by atoms with Gasteiger partial charge in [-0.05, 0) is 63.3 Å². The summed E-state index contributed by atoms with van der Waals surface area (Å²) in [5.74, 6) is 1.60. The van der Waals surface area contributed by atoms with Crippen LogP contribution in [0.2, 0.25) is 0 Å². The van der Waals surface area contributed by atoms with Crippen molar-refractivity contribution in [2.75, 3.05) is 31.9 Å². The number of nitrogen functional groups attached to an aromatic ring is 1. The van der Waals surface area contributed by atoms with Gasteiger partial charge in [0.25, 0.3) is 0 Å². The first kappa shape index (κ1) is 22.2. The molecule has 0 aliphatic carbocycles. The van der Waals surface area contributed by atoms with Crippen molar-refractivity contribution >= 4 is 27.9 Å². The molecule has 3 aliphatic rings. The number of para-hydroxylation sites is 2. The lowest BCUT2D eigenvalue weighted by Crippen LogP contribution is -2.53. The van der Waals surface area contributed by atoms with E-state index in [1.165, 1.54) is 38.6 Å². The van der Waals surface area contributed by atoms with Crippen molar-refractivity contribution in [1.29, 1.82) is 0 Å². The molecule has 9 nitrogen and oxygen atoms in total. The Balaban J connectivity index is 0.978. The van der Waals surface area contributed by atoms with Crippen LogP contribution in [-0.4, -0.2) is 72.1 Å². The number of H-pyrrole nitrogens is 1. The third kappa shape index (κ3) is 3.86. The van der Waals surface area contributed by atoms with Crippen LogP contribution in [-0.2, 0) is 11.3 Å². The van der Waals surface area contributed by atoms with E-state index >= 15 is 0 Å². The number of piperidine rings is 1. The Bertz CT molecular complexity index is 1340. The van der Waals surface area contributed by atoms with E-state index in [-0.39, 0.29) is 12.3 Å². The van der Waals surface area contributed by atoms with Crippen LogP contribution in [0.15, 0.2) is 42.9 Å². The number of aromatic nitrogens is 5. The van der Waals surface area contributed by atoms with Crippen LogP contribution < -0.4 is 5.73 Å². The van der Waals surface area contributed by atoms with E-state index in [1.54, 1.807) is 0 Å². The second-order valence-corrected chi connectivity index (χ2v) is 10.8. The van der Waals surface area contributed by atoms with Gasteiger partial charge in [0.2, 0.25) is 0 Å². The van der Waals surface area contributed by atoms with Crippen LogP contribution in [0.1, 0.15) is 50.6 Å². The average molecular weight is 487 g/mol. The van der Waals surface area contributed by atoms with Gasteiger partial charge >= 0.3 is 0 Å². The van der Waals surface area contributed by atoms with Gasteiger partial charge < -0.3 is 20.0 Å².